The second-order valence-corrected chi connectivity index (χ2v) is 11.4. The average molecular weight is 476 g/mol. The van der Waals surface area contributed by atoms with Gasteiger partial charge in [-0.15, -0.1) is 0 Å². The molecule has 1 saturated heterocycles. The molecular formula is C25H41N5O2S. The Labute approximate surface area is 203 Å². The van der Waals surface area contributed by atoms with Gasteiger partial charge in [-0.2, -0.15) is 11.8 Å². The predicted octanol–water partition coefficient (Wildman–Crippen LogP) is 3.07. The maximum absolute atomic E-state index is 11.5. The Bertz CT molecular complexity index is 796. The normalized spacial score (nSPS) is 30.9. The van der Waals surface area contributed by atoms with Gasteiger partial charge in [0.25, 0.3) is 0 Å². The van der Waals surface area contributed by atoms with Gasteiger partial charge in [-0.05, 0) is 37.0 Å². The third kappa shape index (κ3) is 5.89. The number of aliphatic imine (C=N–C) groups is 1. The number of allylic oxidation sites excluding steroid dienone is 2. The quantitative estimate of drug-likeness (QED) is 0.350. The third-order valence-electron chi connectivity index (χ3n) is 7.24. The second kappa shape index (κ2) is 11.7. The topological polar surface area (TPSA) is 104 Å². The Morgan fingerprint density at radius 3 is 2.82 bits per heavy atom. The molecule has 0 spiro atoms. The number of nitrogens with one attached hydrogen (secondary N) is 2. The summed E-state index contributed by atoms with van der Waals surface area (Å²) in [6.07, 6.45) is 7.58. The van der Waals surface area contributed by atoms with Crippen LogP contribution < -0.4 is 11.1 Å². The van der Waals surface area contributed by atoms with Crippen molar-refractivity contribution in [3.8, 4) is 0 Å². The van der Waals surface area contributed by atoms with Crippen LogP contribution in [0.5, 0.6) is 0 Å². The summed E-state index contributed by atoms with van der Waals surface area (Å²) in [4.78, 5) is 18.7. The molecule has 1 aliphatic carbocycles. The molecule has 2 heterocycles. The van der Waals surface area contributed by atoms with Gasteiger partial charge in [0, 0.05) is 54.0 Å². The first-order valence-electron chi connectivity index (χ1n) is 12.3. The maximum atomic E-state index is 11.5. The lowest BCUT2D eigenvalue weighted by atomic mass is 9.80. The highest BCUT2D eigenvalue weighted by molar-refractivity contribution is 7.99. The fraction of sp³-hybridized carbons (Fsp3) is 0.720. The zero-order valence-electron chi connectivity index (χ0n) is 20.7. The van der Waals surface area contributed by atoms with Crippen LogP contribution >= 0.6 is 11.8 Å². The third-order valence-corrected chi connectivity index (χ3v) is 8.42. The fourth-order valence-electron chi connectivity index (χ4n) is 5.50. The lowest BCUT2D eigenvalue weighted by molar-refractivity contribution is -0.103. The molecule has 1 fully saturated rings. The molecule has 184 valence electrons. The van der Waals surface area contributed by atoms with Gasteiger partial charge in [-0.25, -0.2) is 4.99 Å². The minimum absolute atomic E-state index is 0.0111. The standard InChI is InChI=1S/C25H41N5O2S/c1-6-33-17(5)24(27)20(12-26)18-7-8-21-19(11-18)13-30(9-10-32-21)25-23(15(2)3)16(4)28-22(14-31)29-25/h8,11-12,14-18,20,23-26H,6-7,9-10,13,27H2,1-5H3,(H,28,29). The van der Waals surface area contributed by atoms with Crippen molar-refractivity contribution in [3.63, 3.8) is 0 Å². The molecule has 0 radical (unpaired) electrons. The summed E-state index contributed by atoms with van der Waals surface area (Å²) in [6, 6.07) is 0.0974. The van der Waals surface area contributed by atoms with Crippen molar-refractivity contribution in [2.75, 3.05) is 25.4 Å². The molecule has 7 unspecified atom stereocenters. The summed E-state index contributed by atoms with van der Waals surface area (Å²) in [5.74, 6) is 3.27. The van der Waals surface area contributed by atoms with Crippen LogP contribution in [0, 0.1) is 29.1 Å². The minimum atomic E-state index is -0.0764. The highest BCUT2D eigenvalue weighted by Crippen LogP contribution is 2.35. The Kier molecular flexibility index (Phi) is 9.18. The van der Waals surface area contributed by atoms with Gasteiger partial charge in [-0.1, -0.05) is 33.8 Å². The molecule has 4 N–H and O–H groups in total. The SMILES string of the molecule is CCSC(C)C(N)C(C=N)C1C=C2CN(C3N=C(C=O)NC(C)C3C(C)C)CCOC2=CC1. The van der Waals surface area contributed by atoms with Crippen molar-refractivity contribution in [1.82, 2.24) is 10.2 Å². The number of hydrogen-bond acceptors (Lipinski definition) is 8. The summed E-state index contributed by atoms with van der Waals surface area (Å²) in [5, 5.41) is 11.7. The molecule has 0 bridgehead atoms. The molecule has 0 aromatic carbocycles. The lowest BCUT2D eigenvalue weighted by Gasteiger charge is -2.42. The Hall–Kier alpha value is -1.64. The van der Waals surface area contributed by atoms with Gasteiger partial charge in [0.2, 0.25) is 0 Å². The van der Waals surface area contributed by atoms with Crippen molar-refractivity contribution >= 4 is 30.1 Å². The molecule has 33 heavy (non-hydrogen) atoms. The number of thioether (sulfide) groups is 1. The number of hydrogen-bond donors (Lipinski definition) is 3. The highest BCUT2D eigenvalue weighted by Gasteiger charge is 2.39. The van der Waals surface area contributed by atoms with Crippen molar-refractivity contribution in [1.29, 1.82) is 5.41 Å². The molecule has 8 heteroatoms. The van der Waals surface area contributed by atoms with Gasteiger partial charge in [0.05, 0.1) is 0 Å². The molecule has 0 aromatic rings. The number of carbonyl (C=O) groups is 1. The fourth-order valence-corrected chi connectivity index (χ4v) is 6.43. The number of nitrogens with two attached hydrogens (primary N) is 1. The number of carbonyl (C=O) groups excluding carboxylic acids is 1. The predicted molar refractivity (Wildman–Crippen MR) is 138 cm³/mol. The van der Waals surface area contributed by atoms with E-state index in [2.05, 4.69) is 57.0 Å². The molecular weight excluding hydrogens is 434 g/mol. The van der Waals surface area contributed by atoms with Gasteiger partial charge in [0.15, 0.2) is 12.1 Å². The zero-order chi connectivity index (χ0) is 24.1. The molecule has 0 amide bonds. The van der Waals surface area contributed by atoms with Crippen molar-refractivity contribution in [3.05, 3.63) is 23.5 Å². The summed E-state index contributed by atoms with van der Waals surface area (Å²) in [5.41, 5.74) is 7.76. The summed E-state index contributed by atoms with van der Waals surface area (Å²) < 4.78 is 6.14. The van der Waals surface area contributed by atoms with E-state index in [1.165, 1.54) is 6.21 Å². The van der Waals surface area contributed by atoms with Crippen molar-refractivity contribution in [2.24, 2.45) is 34.4 Å². The first kappa shape index (κ1) is 26.0. The number of amidine groups is 1. The Morgan fingerprint density at radius 1 is 1.42 bits per heavy atom. The summed E-state index contributed by atoms with van der Waals surface area (Å²) >= 11 is 1.85. The van der Waals surface area contributed by atoms with E-state index in [0.29, 0.717) is 23.6 Å². The maximum Gasteiger partial charge on any atom is 0.184 e. The van der Waals surface area contributed by atoms with Crippen molar-refractivity contribution < 1.29 is 9.53 Å². The number of fused-ring (bicyclic) bond motifs is 1. The van der Waals surface area contributed by atoms with Crippen molar-refractivity contribution in [2.45, 2.75) is 64.5 Å². The Morgan fingerprint density at radius 2 is 2.18 bits per heavy atom. The van der Waals surface area contributed by atoms with E-state index in [-0.39, 0.29) is 36.0 Å². The number of aldehydes is 1. The molecule has 2 aliphatic heterocycles. The lowest BCUT2D eigenvalue weighted by Crippen LogP contribution is -2.56. The van der Waals surface area contributed by atoms with E-state index in [1.807, 2.05) is 11.8 Å². The molecule has 3 rings (SSSR count). The molecule has 7 atom stereocenters. The van der Waals surface area contributed by atoms with Crippen LogP contribution in [-0.2, 0) is 9.53 Å². The van der Waals surface area contributed by atoms with Crippen LogP contribution in [0.15, 0.2) is 28.5 Å². The second-order valence-electron chi connectivity index (χ2n) is 9.76. The van der Waals surface area contributed by atoms with Gasteiger partial charge >= 0.3 is 0 Å². The average Bonchev–Trinajstić information content (AvgIpc) is 3.00. The van der Waals surface area contributed by atoms with Crippen LogP contribution in [0.3, 0.4) is 0 Å². The van der Waals surface area contributed by atoms with Crippen LogP contribution in [0.4, 0.5) is 0 Å². The van der Waals surface area contributed by atoms with Gasteiger partial charge in [-0.3, -0.25) is 9.69 Å². The van der Waals surface area contributed by atoms with Gasteiger partial charge in [0.1, 0.15) is 18.5 Å². The number of ether oxygens (including phenoxy) is 1. The largest absolute Gasteiger partial charge is 0.492 e. The monoisotopic (exact) mass is 475 g/mol. The molecule has 3 aliphatic rings. The first-order chi connectivity index (χ1) is 15.8. The van der Waals surface area contributed by atoms with E-state index in [4.69, 9.17) is 20.9 Å². The summed E-state index contributed by atoms with van der Waals surface area (Å²) in [7, 11) is 0. The molecule has 0 aromatic heterocycles. The van der Waals surface area contributed by atoms with Crippen LogP contribution in [0.1, 0.15) is 41.0 Å². The van der Waals surface area contributed by atoms with Crippen LogP contribution in [-0.4, -0.2) is 72.2 Å². The van der Waals surface area contributed by atoms with Gasteiger partial charge < -0.3 is 21.2 Å². The van der Waals surface area contributed by atoms with E-state index in [0.717, 1.165) is 42.9 Å². The summed E-state index contributed by atoms with van der Waals surface area (Å²) in [6.45, 7) is 13.0. The zero-order valence-corrected chi connectivity index (χ0v) is 21.5. The smallest absolute Gasteiger partial charge is 0.184 e. The first-order valence-corrected chi connectivity index (χ1v) is 13.3. The highest BCUT2D eigenvalue weighted by atomic mass is 32.2. The van der Waals surface area contributed by atoms with Crippen LogP contribution in [0.2, 0.25) is 0 Å². The number of rotatable bonds is 9. The number of nitrogens with zero attached hydrogens (tertiary/aromatic N) is 2. The molecule has 7 nitrogen and oxygen atoms in total. The van der Waals surface area contributed by atoms with E-state index in [9.17, 15) is 4.79 Å². The molecule has 0 saturated carbocycles. The van der Waals surface area contributed by atoms with E-state index in [1.54, 1.807) is 0 Å². The minimum Gasteiger partial charge on any atom is -0.492 e. The van der Waals surface area contributed by atoms with E-state index >= 15 is 0 Å². The van der Waals surface area contributed by atoms with Crippen LogP contribution in [0.25, 0.3) is 0 Å². The Balaban J connectivity index is 1.86. The van der Waals surface area contributed by atoms with E-state index < -0.39 is 0 Å².